The molecule has 0 aliphatic rings. The average Bonchev–Trinajstić information content (AvgIpc) is 3.17. The molecule has 0 bridgehead atoms. The second kappa shape index (κ2) is 8.67. The summed E-state index contributed by atoms with van der Waals surface area (Å²) in [6, 6.07) is 13.4. The first-order valence-electron chi connectivity index (χ1n) is 8.42. The second-order valence-electron chi connectivity index (χ2n) is 5.52. The lowest BCUT2D eigenvalue weighted by atomic mass is 10.2. The molecule has 0 atom stereocenters. The van der Waals surface area contributed by atoms with Gasteiger partial charge in [0.2, 0.25) is 5.89 Å². The Kier molecular flexibility index (Phi) is 5.85. The van der Waals surface area contributed by atoms with Gasteiger partial charge in [0, 0.05) is 16.8 Å². The molecule has 0 spiro atoms. The van der Waals surface area contributed by atoms with Crippen LogP contribution >= 0.6 is 0 Å². The van der Waals surface area contributed by atoms with Crippen molar-refractivity contribution in [2.45, 2.75) is 6.92 Å². The van der Waals surface area contributed by atoms with Gasteiger partial charge in [0.1, 0.15) is 5.75 Å². The minimum atomic E-state index is -0.596. The molecule has 9 nitrogen and oxygen atoms in total. The Morgan fingerprint density at radius 3 is 2.57 bits per heavy atom. The van der Waals surface area contributed by atoms with E-state index in [0.717, 1.165) is 0 Å². The zero-order chi connectivity index (χ0) is 19.9. The molecule has 3 aromatic rings. The van der Waals surface area contributed by atoms with Crippen LogP contribution in [0, 0.1) is 0 Å². The third kappa shape index (κ3) is 4.64. The summed E-state index contributed by atoms with van der Waals surface area (Å²) in [5.74, 6) is 0.501. The van der Waals surface area contributed by atoms with E-state index >= 15 is 0 Å². The highest BCUT2D eigenvalue weighted by Gasteiger charge is 2.14. The molecular formula is C19H18N4O5. The van der Waals surface area contributed by atoms with Crippen LogP contribution in [0.25, 0.3) is 11.5 Å². The highest BCUT2D eigenvalue weighted by Crippen LogP contribution is 2.23. The number of hydrogen-bond donors (Lipinski definition) is 2. The highest BCUT2D eigenvalue weighted by atomic mass is 16.5. The number of nitrogens with zero attached hydrogens (tertiary/aromatic N) is 2. The zero-order valence-electron chi connectivity index (χ0n) is 15.3. The van der Waals surface area contributed by atoms with Crippen molar-refractivity contribution in [2.75, 3.05) is 24.4 Å². The lowest BCUT2D eigenvalue weighted by Crippen LogP contribution is -2.15. The van der Waals surface area contributed by atoms with Gasteiger partial charge >= 0.3 is 12.1 Å². The van der Waals surface area contributed by atoms with E-state index in [9.17, 15) is 9.59 Å². The van der Waals surface area contributed by atoms with Gasteiger partial charge < -0.3 is 13.9 Å². The summed E-state index contributed by atoms with van der Waals surface area (Å²) in [5, 5.41) is 12.8. The maximum Gasteiger partial charge on any atom is 0.411 e. The van der Waals surface area contributed by atoms with E-state index in [1.807, 2.05) is 0 Å². The predicted molar refractivity (Wildman–Crippen MR) is 101 cm³/mol. The van der Waals surface area contributed by atoms with E-state index in [4.69, 9.17) is 13.9 Å². The van der Waals surface area contributed by atoms with Crippen LogP contribution in [0.1, 0.15) is 17.3 Å². The summed E-state index contributed by atoms with van der Waals surface area (Å²) in [5.41, 5.74) is 1.42. The fourth-order valence-corrected chi connectivity index (χ4v) is 2.32. The van der Waals surface area contributed by atoms with Gasteiger partial charge in [-0.05, 0) is 49.4 Å². The van der Waals surface area contributed by atoms with Crippen molar-refractivity contribution in [1.29, 1.82) is 0 Å². The van der Waals surface area contributed by atoms with E-state index in [1.165, 1.54) is 6.07 Å². The lowest BCUT2D eigenvalue weighted by Gasteiger charge is -2.06. The number of amides is 2. The lowest BCUT2D eigenvalue weighted by molar-refractivity contribution is 0.102. The largest absolute Gasteiger partial charge is 0.497 e. The first-order valence-corrected chi connectivity index (χ1v) is 8.42. The van der Waals surface area contributed by atoms with Crippen molar-refractivity contribution in [3.63, 3.8) is 0 Å². The maximum atomic E-state index is 12.4. The minimum Gasteiger partial charge on any atom is -0.497 e. The Morgan fingerprint density at radius 1 is 1.07 bits per heavy atom. The molecule has 144 valence electrons. The highest BCUT2D eigenvalue weighted by molar-refractivity contribution is 6.04. The molecule has 9 heteroatoms. The quantitative estimate of drug-likeness (QED) is 0.669. The molecule has 2 N–H and O–H groups in total. The number of carbonyl (C=O) groups excluding carboxylic acids is 2. The molecule has 0 fully saturated rings. The maximum absolute atomic E-state index is 12.4. The third-order valence-corrected chi connectivity index (χ3v) is 3.63. The topological polar surface area (TPSA) is 116 Å². The van der Waals surface area contributed by atoms with Crippen LogP contribution in [0.3, 0.4) is 0 Å². The molecule has 2 aromatic carbocycles. The molecule has 0 saturated heterocycles. The van der Waals surface area contributed by atoms with Gasteiger partial charge in [0.05, 0.1) is 13.7 Å². The summed E-state index contributed by atoms with van der Waals surface area (Å²) < 4.78 is 15.4. The van der Waals surface area contributed by atoms with Gasteiger partial charge in [0.25, 0.3) is 5.91 Å². The average molecular weight is 382 g/mol. The molecule has 0 radical (unpaired) electrons. The Hall–Kier alpha value is -3.88. The van der Waals surface area contributed by atoms with Crippen molar-refractivity contribution >= 4 is 23.7 Å². The molecule has 1 heterocycles. The summed E-state index contributed by atoms with van der Waals surface area (Å²) in [7, 11) is 1.58. The summed E-state index contributed by atoms with van der Waals surface area (Å²) in [4.78, 5) is 23.9. The number of aromatic nitrogens is 2. The second-order valence-corrected chi connectivity index (χ2v) is 5.52. The van der Waals surface area contributed by atoms with Crippen molar-refractivity contribution in [3.05, 3.63) is 54.1 Å². The first kappa shape index (κ1) is 18.9. The van der Waals surface area contributed by atoms with Crippen molar-refractivity contribution < 1.29 is 23.5 Å². The smallest absolute Gasteiger partial charge is 0.411 e. The number of carbonyl (C=O) groups is 2. The van der Waals surface area contributed by atoms with Crippen molar-refractivity contribution in [3.8, 4) is 17.2 Å². The number of rotatable bonds is 6. The Bertz CT molecular complexity index is 968. The van der Waals surface area contributed by atoms with Crippen molar-refractivity contribution in [2.24, 2.45) is 0 Å². The van der Waals surface area contributed by atoms with Gasteiger partial charge in [-0.2, -0.15) is 0 Å². The molecule has 0 saturated carbocycles. The number of anilines is 2. The minimum absolute atomic E-state index is 0.0421. The molecule has 2 amide bonds. The zero-order valence-corrected chi connectivity index (χ0v) is 15.3. The Morgan fingerprint density at radius 2 is 1.86 bits per heavy atom. The molecule has 0 aliphatic carbocycles. The monoisotopic (exact) mass is 382 g/mol. The number of nitrogens with one attached hydrogen (secondary N) is 2. The number of hydrogen-bond acceptors (Lipinski definition) is 7. The van der Waals surface area contributed by atoms with Gasteiger partial charge in [-0.1, -0.05) is 11.2 Å². The van der Waals surface area contributed by atoms with Crippen molar-refractivity contribution in [1.82, 2.24) is 10.2 Å². The van der Waals surface area contributed by atoms with Crippen LogP contribution in [0.15, 0.2) is 52.9 Å². The fourth-order valence-electron chi connectivity index (χ4n) is 2.32. The molecule has 28 heavy (non-hydrogen) atoms. The normalized spacial score (nSPS) is 10.2. The van der Waals surface area contributed by atoms with Crippen LogP contribution in [-0.4, -0.2) is 35.9 Å². The molecular weight excluding hydrogens is 364 g/mol. The third-order valence-electron chi connectivity index (χ3n) is 3.63. The first-order chi connectivity index (χ1) is 13.6. The SMILES string of the molecule is CCOC(=O)Nc1cccc(C(=O)Nc2nnc(-c3ccc(OC)cc3)o2)c1. The predicted octanol–water partition coefficient (Wildman–Crippen LogP) is 3.57. The van der Waals surface area contributed by atoms with Crippen LogP contribution in [-0.2, 0) is 4.74 Å². The van der Waals surface area contributed by atoms with E-state index in [1.54, 1.807) is 56.5 Å². The summed E-state index contributed by atoms with van der Waals surface area (Å²) in [6.45, 7) is 1.95. The standard InChI is InChI=1S/C19H18N4O5/c1-3-27-19(25)20-14-6-4-5-13(11-14)16(24)21-18-23-22-17(28-18)12-7-9-15(26-2)10-8-12/h4-11H,3H2,1-2H3,(H,20,25)(H,21,23,24). The fraction of sp³-hybridized carbons (Fsp3) is 0.158. The van der Waals surface area contributed by atoms with Gasteiger partial charge in [-0.25, -0.2) is 4.79 Å². The number of methoxy groups -OCH3 is 1. The number of benzene rings is 2. The molecule has 1 aromatic heterocycles. The van der Waals surface area contributed by atoms with Gasteiger partial charge in [-0.3, -0.25) is 15.4 Å². The Balaban J connectivity index is 1.68. The molecule has 3 rings (SSSR count). The molecule has 0 aliphatic heterocycles. The van der Waals surface area contributed by atoms with Crippen LogP contribution < -0.4 is 15.4 Å². The molecule has 0 unspecified atom stereocenters. The number of ether oxygens (including phenoxy) is 2. The van der Waals surface area contributed by atoms with E-state index in [0.29, 0.717) is 22.6 Å². The van der Waals surface area contributed by atoms with Crippen LogP contribution in [0.4, 0.5) is 16.5 Å². The summed E-state index contributed by atoms with van der Waals surface area (Å²) in [6.07, 6.45) is -0.596. The van der Waals surface area contributed by atoms with E-state index in [2.05, 4.69) is 20.8 Å². The Labute approximate surface area is 160 Å². The van der Waals surface area contributed by atoms with E-state index < -0.39 is 12.0 Å². The van der Waals surface area contributed by atoms with E-state index in [-0.39, 0.29) is 18.5 Å². The van der Waals surface area contributed by atoms with Crippen LogP contribution in [0.5, 0.6) is 5.75 Å². The van der Waals surface area contributed by atoms with Gasteiger partial charge in [-0.15, -0.1) is 5.10 Å². The van der Waals surface area contributed by atoms with Crippen LogP contribution in [0.2, 0.25) is 0 Å². The van der Waals surface area contributed by atoms with Gasteiger partial charge in [0.15, 0.2) is 0 Å². The summed E-state index contributed by atoms with van der Waals surface area (Å²) >= 11 is 0.